The van der Waals surface area contributed by atoms with Crippen LogP contribution in [-0.4, -0.2) is 29.5 Å². The summed E-state index contributed by atoms with van der Waals surface area (Å²) in [6, 6.07) is 0.431. The molecular formula is C10H19N3O. The predicted molar refractivity (Wildman–Crippen MR) is 56.0 cm³/mol. The summed E-state index contributed by atoms with van der Waals surface area (Å²) in [7, 11) is 3.66. The fourth-order valence-corrected chi connectivity index (χ4v) is 1.35. The smallest absolute Gasteiger partial charge is 0.0615 e. The van der Waals surface area contributed by atoms with Gasteiger partial charge in [-0.25, -0.2) is 0 Å². The van der Waals surface area contributed by atoms with Gasteiger partial charge in [-0.1, -0.05) is 6.92 Å². The lowest BCUT2D eigenvalue weighted by Gasteiger charge is -2.14. The summed E-state index contributed by atoms with van der Waals surface area (Å²) in [5.41, 5.74) is 1.21. The number of hydrogen-bond donors (Lipinski definition) is 1. The number of aryl methyl sites for hydroxylation is 1. The van der Waals surface area contributed by atoms with Crippen LogP contribution >= 0.6 is 0 Å². The van der Waals surface area contributed by atoms with Gasteiger partial charge < -0.3 is 10.1 Å². The summed E-state index contributed by atoms with van der Waals surface area (Å²) in [6.07, 6.45) is 4.98. The van der Waals surface area contributed by atoms with Crippen LogP contribution in [0.3, 0.4) is 0 Å². The first-order valence-corrected chi connectivity index (χ1v) is 4.96. The highest BCUT2D eigenvalue weighted by molar-refractivity contribution is 5.03. The molecule has 14 heavy (non-hydrogen) atoms. The van der Waals surface area contributed by atoms with Gasteiger partial charge in [-0.3, -0.25) is 4.68 Å². The van der Waals surface area contributed by atoms with E-state index in [0.29, 0.717) is 6.04 Å². The minimum Gasteiger partial charge on any atom is -0.383 e. The third-order valence-electron chi connectivity index (χ3n) is 2.21. The van der Waals surface area contributed by atoms with E-state index in [1.807, 2.05) is 24.1 Å². The lowest BCUT2D eigenvalue weighted by molar-refractivity contribution is 0.164. The third kappa shape index (κ3) is 3.47. The fourth-order valence-electron chi connectivity index (χ4n) is 1.35. The zero-order valence-electron chi connectivity index (χ0n) is 9.16. The molecule has 0 unspecified atom stereocenters. The molecule has 0 bridgehead atoms. The molecule has 0 aliphatic carbocycles. The molecule has 1 aromatic heterocycles. The Labute approximate surface area is 85.3 Å². The van der Waals surface area contributed by atoms with Crippen LogP contribution in [0.15, 0.2) is 12.4 Å². The molecule has 1 N–H and O–H groups in total. The van der Waals surface area contributed by atoms with Crippen molar-refractivity contribution in [3.63, 3.8) is 0 Å². The summed E-state index contributed by atoms with van der Waals surface area (Å²) in [6.45, 7) is 3.77. The largest absolute Gasteiger partial charge is 0.383 e. The standard InChI is InChI=1S/C10H19N3O/c1-4-10(8-14-3)11-5-9-6-12-13(2)7-9/h6-7,10-11H,4-5,8H2,1-3H3/t10-/m1/s1. The second-order valence-electron chi connectivity index (χ2n) is 3.46. The minimum atomic E-state index is 0.431. The van der Waals surface area contributed by atoms with Gasteiger partial charge in [0.1, 0.15) is 0 Å². The van der Waals surface area contributed by atoms with E-state index >= 15 is 0 Å². The van der Waals surface area contributed by atoms with Crippen molar-refractivity contribution in [2.75, 3.05) is 13.7 Å². The zero-order chi connectivity index (χ0) is 10.4. The monoisotopic (exact) mass is 197 g/mol. The first-order valence-electron chi connectivity index (χ1n) is 4.96. The van der Waals surface area contributed by atoms with Crippen LogP contribution in [0.4, 0.5) is 0 Å². The van der Waals surface area contributed by atoms with Crippen molar-refractivity contribution in [1.82, 2.24) is 15.1 Å². The minimum absolute atomic E-state index is 0.431. The zero-order valence-corrected chi connectivity index (χ0v) is 9.16. The van der Waals surface area contributed by atoms with Crippen molar-refractivity contribution >= 4 is 0 Å². The van der Waals surface area contributed by atoms with Crippen molar-refractivity contribution in [3.8, 4) is 0 Å². The van der Waals surface area contributed by atoms with Crippen LogP contribution in [0.5, 0.6) is 0 Å². The van der Waals surface area contributed by atoms with Crippen molar-refractivity contribution < 1.29 is 4.74 Å². The van der Waals surface area contributed by atoms with Gasteiger partial charge in [0, 0.05) is 38.5 Å². The van der Waals surface area contributed by atoms with Gasteiger partial charge in [0.15, 0.2) is 0 Å². The van der Waals surface area contributed by atoms with Crippen molar-refractivity contribution in [2.45, 2.75) is 25.9 Å². The lowest BCUT2D eigenvalue weighted by Crippen LogP contribution is -2.31. The molecule has 0 saturated carbocycles. The Morgan fingerprint density at radius 2 is 2.43 bits per heavy atom. The van der Waals surface area contributed by atoms with E-state index in [2.05, 4.69) is 17.3 Å². The molecule has 1 heterocycles. The average Bonchev–Trinajstić information content (AvgIpc) is 2.59. The summed E-state index contributed by atoms with van der Waals surface area (Å²) >= 11 is 0. The molecule has 4 heteroatoms. The quantitative estimate of drug-likeness (QED) is 0.737. The molecule has 1 aromatic rings. The van der Waals surface area contributed by atoms with Crippen molar-refractivity contribution in [2.24, 2.45) is 7.05 Å². The first-order chi connectivity index (χ1) is 6.76. The lowest BCUT2D eigenvalue weighted by atomic mass is 10.2. The van der Waals surface area contributed by atoms with E-state index in [1.54, 1.807) is 7.11 Å². The third-order valence-corrected chi connectivity index (χ3v) is 2.21. The van der Waals surface area contributed by atoms with Gasteiger partial charge in [-0.15, -0.1) is 0 Å². The highest BCUT2D eigenvalue weighted by Crippen LogP contribution is 1.98. The first kappa shape index (κ1) is 11.2. The molecule has 0 aliphatic rings. The van der Waals surface area contributed by atoms with E-state index in [1.165, 1.54) is 5.56 Å². The van der Waals surface area contributed by atoms with Gasteiger partial charge in [-0.2, -0.15) is 5.10 Å². The summed E-state index contributed by atoms with van der Waals surface area (Å²) < 4.78 is 6.92. The van der Waals surface area contributed by atoms with E-state index < -0.39 is 0 Å². The number of aromatic nitrogens is 2. The maximum Gasteiger partial charge on any atom is 0.0615 e. The highest BCUT2D eigenvalue weighted by Gasteiger charge is 2.04. The normalized spacial score (nSPS) is 13.1. The van der Waals surface area contributed by atoms with Crippen LogP contribution in [0.2, 0.25) is 0 Å². The summed E-state index contributed by atoms with van der Waals surface area (Å²) in [5.74, 6) is 0. The molecule has 1 rings (SSSR count). The average molecular weight is 197 g/mol. The Bertz CT molecular complexity index is 260. The number of rotatable bonds is 6. The van der Waals surface area contributed by atoms with Crippen LogP contribution < -0.4 is 5.32 Å². The Kier molecular flexibility index (Phi) is 4.62. The van der Waals surface area contributed by atoms with E-state index in [9.17, 15) is 0 Å². The molecule has 0 radical (unpaired) electrons. The van der Waals surface area contributed by atoms with Gasteiger partial charge in [0.25, 0.3) is 0 Å². The Balaban J connectivity index is 2.31. The summed E-state index contributed by atoms with van der Waals surface area (Å²) in [4.78, 5) is 0. The number of nitrogens with one attached hydrogen (secondary N) is 1. The second-order valence-corrected chi connectivity index (χ2v) is 3.46. The number of methoxy groups -OCH3 is 1. The van der Waals surface area contributed by atoms with Gasteiger partial charge in [0.05, 0.1) is 12.8 Å². The van der Waals surface area contributed by atoms with Crippen LogP contribution in [0.25, 0.3) is 0 Å². The van der Waals surface area contributed by atoms with Crippen molar-refractivity contribution in [1.29, 1.82) is 0 Å². The Hall–Kier alpha value is -0.870. The molecule has 4 nitrogen and oxygen atoms in total. The molecule has 1 atom stereocenters. The van der Waals surface area contributed by atoms with Crippen LogP contribution in [-0.2, 0) is 18.3 Å². The molecular weight excluding hydrogens is 178 g/mol. The van der Waals surface area contributed by atoms with Gasteiger partial charge in [-0.05, 0) is 6.42 Å². The van der Waals surface area contributed by atoms with Crippen LogP contribution in [0, 0.1) is 0 Å². The van der Waals surface area contributed by atoms with E-state index in [4.69, 9.17) is 4.74 Å². The fraction of sp³-hybridized carbons (Fsp3) is 0.700. The van der Waals surface area contributed by atoms with E-state index in [0.717, 1.165) is 19.6 Å². The molecule has 0 saturated heterocycles. The molecule has 80 valence electrons. The Morgan fingerprint density at radius 3 is 2.93 bits per heavy atom. The molecule has 0 fully saturated rings. The maximum atomic E-state index is 5.11. The van der Waals surface area contributed by atoms with Gasteiger partial charge >= 0.3 is 0 Å². The Morgan fingerprint density at radius 1 is 1.64 bits per heavy atom. The van der Waals surface area contributed by atoms with Crippen LogP contribution in [0.1, 0.15) is 18.9 Å². The molecule has 0 aliphatic heterocycles. The number of ether oxygens (including phenoxy) is 1. The molecule has 0 spiro atoms. The molecule has 0 amide bonds. The predicted octanol–water partition coefficient (Wildman–Crippen LogP) is 0.935. The summed E-state index contributed by atoms with van der Waals surface area (Å²) in [5, 5.41) is 7.53. The van der Waals surface area contributed by atoms with E-state index in [-0.39, 0.29) is 0 Å². The topological polar surface area (TPSA) is 39.1 Å². The van der Waals surface area contributed by atoms with Crippen molar-refractivity contribution in [3.05, 3.63) is 18.0 Å². The maximum absolute atomic E-state index is 5.11. The highest BCUT2D eigenvalue weighted by atomic mass is 16.5. The molecule has 0 aromatic carbocycles. The second kappa shape index (κ2) is 5.78. The number of hydrogen-bond acceptors (Lipinski definition) is 3. The number of nitrogens with zero attached hydrogens (tertiary/aromatic N) is 2. The SMILES string of the molecule is CC[C@H](COC)NCc1cnn(C)c1. The van der Waals surface area contributed by atoms with Gasteiger partial charge in [0.2, 0.25) is 0 Å².